The first kappa shape index (κ1) is 14.6. The molecule has 0 unspecified atom stereocenters. The van der Waals surface area contributed by atoms with Crippen LogP contribution in [0.25, 0.3) is 0 Å². The third-order valence-electron chi connectivity index (χ3n) is 4.64. The number of nitrogens with one attached hydrogen (secondary N) is 1. The van der Waals surface area contributed by atoms with E-state index in [4.69, 9.17) is 9.72 Å². The summed E-state index contributed by atoms with van der Waals surface area (Å²) in [6.07, 6.45) is 4.85. The van der Waals surface area contributed by atoms with E-state index in [0.717, 1.165) is 56.7 Å². The van der Waals surface area contributed by atoms with Gasteiger partial charge in [0.05, 0.1) is 0 Å². The fraction of sp³-hybridized carbons (Fsp3) is 0.750. The molecule has 0 amide bonds. The molecule has 2 aliphatic rings. The maximum absolute atomic E-state index is 5.43. The molecular formula is C16H26N4O. The Kier molecular flexibility index (Phi) is 4.58. The van der Waals surface area contributed by atoms with E-state index in [1.807, 2.05) is 0 Å². The summed E-state index contributed by atoms with van der Waals surface area (Å²) < 4.78 is 5.43. The molecule has 1 aromatic heterocycles. The highest BCUT2D eigenvalue weighted by Crippen LogP contribution is 2.23. The molecular weight excluding hydrogens is 264 g/mol. The summed E-state index contributed by atoms with van der Waals surface area (Å²) in [5.41, 5.74) is 2.25. The molecule has 2 saturated heterocycles. The largest absolute Gasteiger partial charge is 0.381 e. The molecule has 21 heavy (non-hydrogen) atoms. The molecule has 1 atom stereocenters. The summed E-state index contributed by atoms with van der Waals surface area (Å²) in [4.78, 5) is 11.7. The molecule has 116 valence electrons. The van der Waals surface area contributed by atoms with Gasteiger partial charge in [0, 0.05) is 44.1 Å². The fourth-order valence-corrected chi connectivity index (χ4v) is 3.05. The summed E-state index contributed by atoms with van der Waals surface area (Å²) in [7, 11) is 0. The lowest BCUT2D eigenvalue weighted by molar-refractivity contribution is 0.185. The van der Waals surface area contributed by atoms with Crippen LogP contribution < -0.4 is 10.2 Å². The minimum Gasteiger partial charge on any atom is -0.381 e. The number of hydrogen-bond donors (Lipinski definition) is 1. The van der Waals surface area contributed by atoms with E-state index in [2.05, 4.69) is 29.0 Å². The highest BCUT2D eigenvalue weighted by Gasteiger charge is 2.18. The van der Waals surface area contributed by atoms with Gasteiger partial charge in [-0.15, -0.1) is 0 Å². The van der Waals surface area contributed by atoms with Crippen molar-refractivity contribution >= 4 is 11.8 Å². The smallest absolute Gasteiger partial charge is 0.227 e. The van der Waals surface area contributed by atoms with Crippen LogP contribution in [0.2, 0.25) is 0 Å². The van der Waals surface area contributed by atoms with Crippen LogP contribution in [0, 0.1) is 19.8 Å². The minimum atomic E-state index is 0.707. The van der Waals surface area contributed by atoms with E-state index in [9.17, 15) is 0 Å². The Labute approximate surface area is 127 Å². The lowest BCUT2D eigenvalue weighted by Gasteiger charge is -2.19. The molecule has 0 saturated carbocycles. The van der Waals surface area contributed by atoms with Crippen LogP contribution in [-0.2, 0) is 4.74 Å². The van der Waals surface area contributed by atoms with Gasteiger partial charge in [-0.25, -0.2) is 4.98 Å². The third-order valence-corrected chi connectivity index (χ3v) is 4.64. The average Bonchev–Trinajstić information content (AvgIpc) is 3.16. The van der Waals surface area contributed by atoms with Gasteiger partial charge in [0.2, 0.25) is 5.95 Å². The maximum atomic E-state index is 5.43. The standard InChI is InChI=1S/C16H26N4O/c1-12-13(2)18-16(20-8-3-4-9-20)19-15(12)17-7-5-14-6-10-21-11-14/h14H,3-11H2,1-2H3,(H,17,18,19)/t14-/m1/s1. The van der Waals surface area contributed by atoms with Crippen molar-refractivity contribution in [3.05, 3.63) is 11.3 Å². The summed E-state index contributed by atoms with van der Waals surface area (Å²) in [5.74, 6) is 2.60. The van der Waals surface area contributed by atoms with Crippen LogP contribution in [0.5, 0.6) is 0 Å². The zero-order valence-electron chi connectivity index (χ0n) is 13.2. The normalized spacial score (nSPS) is 22.0. The summed E-state index contributed by atoms with van der Waals surface area (Å²) >= 11 is 0. The monoisotopic (exact) mass is 290 g/mol. The van der Waals surface area contributed by atoms with Gasteiger partial charge >= 0.3 is 0 Å². The highest BCUT2D eigenvalue weighted by atomic mass is 16.5. The van der Waals surface area contributed by atoms with Gasteiger partial charge in [-0.3, -0.25) is 0 Å². The van der Waals surface area contributed by atoms with Crippen molar-refractivity contribution in [2.45, 2.75) is 39.5 Å². The van der Waals surface area contributed by atoms with Crippen molar-refractivity contribution < 1.29 is 4.74 Å². The molecule has 5 nitrogen and oxygen atoms in total. The van der Waals surface area contributed by atoms with Crippen molar-refractivity contribution in [2.75, 3.05) is 43.1 Å². The lowest BCUT2D eigenvalue weighted by Crippen LogP contribution is -2.22. The second kappa shape index (κ2) is 6.60. The Morgan fingerprint density at radius 3 is 2.76 bits per heavy atom. The van der Waals surface area contributed by atoms with Crippen LogP contribution in [0.4, 0.5) is 11.8 Å². The van der Waals surface area contributed by atoms with Gasteiger partial charge in [-0.1, -0.05) is 0 Å². The van der Waals surface area contributed by atoms with Crippen LogP contribution in [-0.4, -0.2) is 42.8 Å². The molecule has 2 fully saturated rings. The lowest BCUT2D eigenvalue weighted by atomic mass is 10.1. The summed E-state index contributed by atoms with van der Waals surface area (Å²) in [5, 5.41) is 3.51. The van der Waals surface area contributed by atoms with Crippen molar-refractivity contribution in [3.8, 4) is 0 Å². The number of aryl methyl sites for hydroxylation is 1. The highest BCUT2D eigenvalue weighted by molar-refractivity contribution is 5.50. The molecule has 0 radical (unpaired) electrons. The Balaban J connectivity index is 1.64. The van der Waals surface area contributed by atoms with Crippen molar-refractivity contribution in [1.82, 2.24) is 9.97 Å². The van der Waals surface area contributed by atoms with Gasteiger partial charge in [0.1, 0.15) is 5.82 Å². The summed E-state index contributed by atoms with van der Waals surface area (Å²) in [6.45, 7) is 9.15. The molecule has 5 heteroatoms. The predicted octanol–water partition coefficient (Wildman–Crippen LogP) is 2.53. The number of anilines is 2. The minimum absolute atomic E-state index is 0.707. The Hall–Kier alpha value is -1.36. The second-order valence-electron chi connectivity index (χ2n) is 6.22. The van der Waals surface area contributed by atoms with Crippen LogP contribution >= 0.6 is 0 Å². The van der Waals surface area contributed by atoms with Gasteiger partial charge in [-0.05, 0) is 45.4 Å². The second-order valence-corrected chi connectivity index (χ2v) is 6.22. The van der Waals surface area contributed by atoms with E-state index < -0.39 is 0 Å². The Morgan fingerprint density at radius 2 is 2.05 bits per heavy atom. The fourth-order valence-electron chi connectivity index (χ4n) is 3.05. The zero-order valence-corrected chi connectivity index (χ0v) is 13.2. The molecule has 0 aliphatic carbocycles. The number of rotatable bonds is 5. The Bertz CT molecular complexity index is 479. The molecule has 0 aromatic carbocycles. The first-order valence-electron chi connectivity index (χ1n) is 8.16. The van der Waals surface area contributed by atoms with Crippen molar-refractivity contribution in [3.63, 3.8) is 0 Å². The van der Waals surface area contributed by atoms with Gasteiger partial charge in [0.25, 0.3) is 0 Å². The van der Waals surface area contributed by atoms with Gasteiger partial charge in [0.15, 0.2) is 0 Å². The molecule has 0 spiro atoms. The summed E-state index contributed by atoms with van der Waals surface area (Å²) in [6, 6.07) is 0. The van der Waals surface area contributed by atoms with E-state index in [-0.39, 0.29) is 0 Å². The van der Waals surface area contributed by atoms with Crippen molar-refractivity contribution in [2.24, 2.45) is 5.92 Å². The number of aromatic nitrogens is 2. The maximum Gasteiger partial charge on any atom is 0.227 e. The van der Waals surface area contributed by atoms with Crippen LogP contribution in [0.15, 0.2) is 0 Å². The molecule has 0 bridgehead atoms. The molecule has 1 N–H and O–H groups in total. The quantitative estimate of drug-likeness (QED) is 0.903. The topological polar surface area (TPSA) is 50.3 Å². The van der Waals surface area contributed by atoms with Crippen LogP contribution in [0.3, 0.4) is 0 Å². The number of nitrogens with zero attached hydrogens (tertiary/aromatic N) is 3. The van der Waals surface area contributed by atoms with Crippen LogP contribution in [0.1, 0.15) is 36.9 Å². The average molecular weight is 290 g/mol. The SMILES string of the molecule is Cc1nc(N2CCCC2)nc(NCC[C@@H]2CCOC2)c1C. The van der Waals surface area contributed by atoms with Gasteiger partial charge in [-0.2, -0.15) is 4.98 Å². The third kappa shape index (κ3) is 3.46. The molecule has 1 aromatic rings. The van der Waals surface area contributed by atoms with E-state index in [1.165, 1.54) is 24.8 Å². The molecule has 3 heterocycles. The molecule has 3 rings (SSSR count). The number of ether oxygens (including phenoxy) is 1. The molecule has 2 aliphatic heterocycles. The van der Waals surface area contributed by atoms with E-state index >= 15 is 0 Å². The zero-order chi connectivity index (χ0) is 14.7. The van der Waals surface area contributed by atoms with E-state index in [1.54, 1.807) is 0 Å². The first-order chi connectivity index (χ1) is 10.2. The van der Waals surface area contributed by atoms with E-state index in [0.29, 0.717) is 5.92 Å². The first-order valence-corrected chi connectivity index (χ1v) is 8.16. The Morgan fingerprint density at radius 1 is 1.24 bits per heavy atom. The van der Waals surface area contributed by atoms with Crippen molar-refractivity contribution in [1.29, 1.82) is 0 Å². The predicted molar refractivity (Wildman–Crippen MR) is 85.0 cm³/mol. The van der Waals surface area contributed by atoms with Gasteiger partial charge < -0.3 is 15.0 Å². The number of hydrogen-bond acceptors (Lipinski definition) is 5.